The van der Waals surface area contributed by atoms with Gasteiger partial charge in [0.15, 0.2) is 0 Å². The van der Waals surface area contributed by atoms with E-state index >= 15 is 0 Å². The highest BCUT2D eigenvalue weighted by Crippen LogP contribution is 2.23. The Morgan fingerprint density at radius 3 is 2.10 bits per heavy atom. The molecular weight excluding hydrogens is 299 g/mol. The maximum absolute atomic E-state index is 11.9. The van der Waals surface area contributed by atoms with Gasteiger partial charge in [-0.25, -0.2) is 0 Å². The lowest BCUT2D eigenvalue weighted by Gasteiger charge is -2.07. The van der Waals surface area contributed by atoms with Gasteiger partial charge in [-0.1, -0.05) is 43.7 Å². The van der Waals surface area contributed by atoms with Crippen LogP contribution in [0.3, 0.4) is 0 Å². The largest absolute Gasteiger partial charge is 0.399 e. The van der Waals surface area contributed by atoms with Crippen molar-refractivity contribution in [3.63, 3.8) is 0 Å². The van der Waals surface area contributed by atoms with Crippen molar-refractivity contribution in [2.24, 2.45) is 0 Å². The van der Waals surface area contributed by atoms with Crippen LogP contribution < -0.4 is 5.73 Å². The zero-order chi connectivity index (χ0) is 15.7. The number of aryl methyl sites for hydroxylation is 1. The summed E-state index contributed by atoms with van der Waals surface area (Å²) in [5.74, 6) is 0. The van der Waals surface area contributed by atoms with E-state index in [2.05, 4.69) is 0 Å². The number of alkyl halides is 3. The van der Waals surface area contributed by atoms with Gasteiger partial charge >= 0.3 is 6.18 Å². The summed E-state index contributed by atoms with van der Waals surface area (Å²) < 4.78 is 35.8. The molecule has 0 radical (unpaired) electrons. The molecule has 5 heteroatoms. The zero-order valence-corrected chi connectivity index (χ0v) is 12.9. The SMILES string of the molecule is Nc1ccc(Cl)cc1CCCCCCCCCC(F)(F)F. The summed E-state index contributed by atoms with van der Waals surface area (Å²) in [6, 6.07) is 5.49. The van der Waals surface area contributed by atoms with E-state index in [1.165, 1.54) is 0 Å². The molecule has 0 fully saturated rings. The highest BCUT2D eigenvalue weighted by Gasteiger charge is 2.25. The molecule has 1 rings (SSSR count). The summed E-state index contributed by atoms with van der Waals surface area (Å²) in [5.41, 5.74) is 7.72. The molecule has 0 unspecified atom stereocenters. The minimum atomic E-state index is -4.00. The summed E-state index contributed by atoms with van der Waals surface area (Å²) in [6.45, 7) is 0. The molecule has 21 heavy (non-hydrogen) atoms. The minimum absolute atomic E-state index is 0.253. The van der Waals surface area contributed by atoms with E-state index in [4.69, 9.17) is 17.3 Å². The average Bonchev–Trinajstić information content (AvgIpc) is 2.39. The Bertz CT molecular complexity index is 418. The van der Waals surface area contributed by atoms with Crippen molar-refractivity contribution in [3.8, 4) is 0 Å². The summed E-state index contributed by atoms with van der Waals surface area (Å²) in [4.78, 5) is 0. The van der Waals surface area contributed by atoms with E-state index in [1.807, 2.05) is 12.1 Å². The number of hydrogen-bond donors (Lipinski definition) is 1. The average molecular weight is 322 g/mol. The molecule has 0 saturated heterocycles. The maximum atomic E-state index is 11.9. The van der Waals surface area contributed by atoms with Crippen molar-refractivity contribution in [3.05, 3.63) is 28.8 Å². The van der Waals surface area contributed by atoms with E-state index in [0.717, 1.165) is 49.8 Å². The fraction of sp³-hybridized carbons (Fsp3) is 0.625. The van der Waals surface area contributed by atoms with Gasteiger partial charge in [0.25, 0.3) is 0 Å². The van der Waals surface area contributed by atoms with Gasteiger partial charge in [-0.3, -0.25) is 0 Å². The minimum Gasteiger partial charge on any atom is -0.399 e. The molecular formula is C16H23ClF3N. The second-order valence-electron chi connectivity index (χ2n) is 5.43. The van der Waals surface area contributed by atoms with Crippen LogP contribution in [-0.4, -0.2) is 6.18 Å². The normalized spacial score (nSPS) is 11.8. The quantitative estimate of drug-likeness (QED) is 0.428. The fourth-order valence-electron chi connectivity index (χ4n) is 2.32. The van der Waals surface area contributed by atoms with Crippen molar-refractivity contribution in [2.45, 2.75) is 64.0 Å². The van der Waals surface area contributed by atoms with Gasteiger partial charge in [0.1, 0.15) is 0 Å². The summed E-state index contributed by atoms with van der Waals surface area (Å²) in [5, 5.41) is 0.698. The Kier molecular flexibility index (Phi) is 7.94. The van der Waals surface area contributed by atoms with Gasteiger partial charge in [-0.05, 0) is 43.0 Å². The standard InChI is InChI=1S/C16H23ClF3N/c17-14-9-10-15(21)13(12-14)8-6-4-2-1-3-5-7-11-16(18,19)20/h9-10,12H,1-8,11,21H2. The first-order valence-corrected chi connectivity index (χ1v) is 7.87. The second-order valence-corrected chi connectivity index (χ2v) is 5.87. The number of benzene rings is 1. The Balaban J connectivity index is 2.01. The summed E-state index contributed by atoms with van der Waals surface area (Å²) >= 11 is 5.92. The number of hydrogen-bond acceptors (Lipinski definition) is 1. The molecule has 0 aliphatic rings. The van der Waals surface area contributed by atoms with E-state index in [-0.39, 0.29) is 6.42 Å². The Morgan fingerprint density at radius 1 is 0.905 bits per heavy atom. The zero-order valence-electron chi connectivity index (χ0n) is 12.2. The molecule has 1 aromatic carbocycles. The number of nitrogens with two attached hydrogens (primary N) is 1. The van der Waals surface area contributed by atoms with Crippen molar-refractivity contribution < 1.29 is 13.2 Å². The molecule has 0 amide bonds. The van der Waals surface area contributed by atoms with Crippen LogP contribution in [-0.2, 0) is 6.42 Å². The van der Waals surface area contributed by atoms with Gasteiger partial charge in [-0.2, -0.15) is 13.2 Å². The third-order valence-corrected chi connectivity index (χ3v) is 3.75. The lowest BCUT2D eigenvalue weighted by molar-refractivity contribution is -0.135. The van der Waals surface area contributed by atoms with Crippen molar-refractivity contribution >= 4 is 17.3 Å². The molecule has 0 aliphatic carbocycles. The van der Waals surface area contributed by atoms with Gasteiger partial charge in [-0.15, -0.1) is 0 Å². The highest BCUT2D eigenvalue weighted by molar-refractivity contribution is 6.30. The van der Waals surface area contributed by atoms with Crippen LogP contribution in [0.1, 0.15) is 56.9 Å². The van der Waals surface area contributed by atoms with Crippen molar-refractivity contribution in [1.29, 1.82) is 0 Å². The number of halogens is 4. The molecule has 0 bridgehead atoms. The third kappa shape index (κ3) is 8.86. The first kappa shape index (κ1) is 18.1. The fourth-order valence-corrected chi connectivity index (χ4v) is 2.51. The summed E-state index contributed by atoms with van der Waals surface area (Å²) in [6.07, 6.45) is 2.23. The van der Waals surface area contributed by atoms with Crippen LogP contribution in [0, 0.1) is 0 Å². The van der Waals surface area contributed by atoms with Crippen LogP contribution in [0.2, 0.25) is 5.02 Å². The molecule has 0 aromatic heterocycles. The molecule has 120 valence electrons. The molecule has 0 heterocycles. The van der Waals surface area contributed by atoms with Crippen molar-refractivity contribution in [1.82, 2.24) is 0 Å². The Morgan fingerprint density at radius 2 is 1.48 bits per heavy atom. The molecule has 0 atom stereocenters. The van der Waals surface area contributed by atoms with E-state index in [0.29, 0.717) is 11.4 Å². The van der Waals surface area contributed by atoms with E-state index in [1.54, 1.807) is 6.07 Å². The third-order valence-electron chi connectivity index (χ3n) is 3.51. The first-order chi connectivity index (χ1) is 9.88. The smallest absolute Gasteiger partial charge is 0.389 e. The molecule has 0 aliphatic heterocycles. The van der Waals surface area contributed by atoms with Crippen molar-refractivity contribution in [2.75, 3.05) is 5.73 Å². The molecule has 2 N–H and O–H groups in total. The molecule has 1 nitrogen and oxygen atoms in total. The predicted octanol–water partition coefficient (Wildman–Crippen LogP) is 6.15. The summed E-state index contributed by atoms with van der Waals surface area (Å²) in [7, 11) is 0. The monoisotopic (exact) mass is 321 g/mol. The van der Waals surface area contributed by atoms with E-state index < -0.39 is 12.6 Å². The van der Waals surface area contributed by atoms with Crippen LogP contribution in [0.4, 0.5) is 18.9 Å². The van der Waals surface area contributed by atoms with Crippen LogP contribution in [0.5, 0.6) is 0 Å². The lowest BCUT2D eigenvalue weighted by atomic mass is 10.0. The number of nitrogen functional groups attached to an aromatic ring is 1. The predicted molar refractivity (Wildman–Crippen MR) is 82.6 cm³/mol. The Hall–Kier alpha value is -0.900. The van der Waals surface area contributed by atoms with E-state index in [9.17, 15) is 13.2 Å². The van der Waals surface area contributed by atoms with Crippen LogP contribution in [0.15, 0.2) is 18.2 Å². The van der Waals surface area contributed by atoms with Gasteiger partial charge < -0.3 is 5.73 Å². The Labute approximate surface area is 129 Å². The molecule has 0 saturated carbocycles. The molecule has 1 aromatic rings. The van der Waals surface area contributed by atoms with Crippen LogP contribution >= 0.6 is 11.6 Å². The van der Waals surface area contributed by atoms with Crippen LogP contribution in [0.25, 0.3) is 0 Å². The van der Waals surface area contributed by atoms with Gasteiger partial charge in [0.05, 0.1) is 0 Å². The second kappa shape index (κ2) is 9.19. The molecule has 0 spiro atoms. The first-order valence-electron chi connectivity index (χ1n) is 7.49. The maximum Gasteiger partial charge on any atom is 0.389 e. The number of rotatable bonds is 9. The lowest BCUT2D eigenvalue weighted by Crippen LogP contribution is -2.06. The highest BCUT2D eigenvalue weighted by atomic mass is 35.5. The number of anilines is 1. The van der Waals surface area contributed by atoms with Gasteiger partial charge in [0, 0.05) is 17.1 Å². The van der Waals surface area contributed by atoms with Gasteiger partial charge in [0.2, 0.25) is 0 Å². The number of unbranched alkanes of at least 4 members (excludes halogenated alkanes) is 6. The topological polar surface area (TPSA) is 26.0 Å².